The molecular weight excluding hydrogens is 330 g/mol. The first-order valence-corrected chi connectivity index (χ1v) is 8.04. The van der Waals surface area contributed by atoms with E-state index >= 15 is 0 Å². The Morgan fingerprint density at radius 3 is 2.79 bits per heavy atom. The van der Waals surface area contributed by atoms with Gasteiger partial charge in [-0.2, -0.15) is 4.98 Å². The summed E-state index contributed by atoms with van der Waals surface area (Å²) in [5, 5.41) is 12.4. The van der Waals surface area contributed by atoms with Crippen molar-refractivity contribution in [2.45, 2.75) is 24.4 Å². The second-order valence-corrected chi connectivity index (χ2v) is 5.83. The number of nitrogens with two attached hydrogens (primary N) is 2. The lowest BCUT2D eigenvalue weighted by Crippen LogP contribution is -2.12. The standard InChI is InChI=1S/C14H15N7O2S/c1-8-4-2-3-5-9(8)21-10(6-15)18-19-14(21)24-7-11-17-13(12(16)22)20-23-11/h2-5H,6-7,15H2,1H3,(H2,16,22). The summed E-state index contributed by atoms with van der Waals surface area (Å²) in [4.78, 5) is 14.9. The molecular formula is C14H15N7O2S. The molecule has 1 aromatic carbocycles. The predicted octanol–water partition coefficient (Wildman–Crippen LogP) is 0.809. The van der Waals surface area contributed by atoms with Gasteiger partial charge in [0.15, 0.2) is 11.0 Å². The quantitative estimate of drug-likeness (QED) is 0.626. The first-order valence-electron chi connectivity index (χ1n) is 7.05. The lowest BCUT2D eigenvalue weighted by molar-refractivity contribution is 0.0987. The number of para-hydroxylation sites is 1. The maximum Gasteiger partial charge on any atom is 0.290 e. The van der Waals surface area contributed by atoms with E-state index in [2.05, 4.69) is 20.3 Å². The van der Waals surface area contributed by atoms with E-state index in [0.717, 1.165) is 11.3 Å². The van der Waals surface area contributed by atoms with E-state index < -0.39 is 5.91 Å². The Bertz CT molecular complexity index is 874. The molecule has 1 amide bonds. The molecule has 24 heavy (non-hydrogen) atoms. The van der Waals surface area contributed by atoms with Gasteiger partial charge in [0, 0.05) is 0 Å². The molecule has 124 valence electrons. The highest BCUT2D eigenvalue weighted by Crippen LogP contribution is 2.26. The normalized spacial score (nSPS) is 10.9. The Balaban J connectivity index is 1.87. The Labute approximate surface area is 141 Å². The van der Waals surface area contributed by atoms with E-state index in [9.17, 15) is 4.79 Å². The molecule has 3 aromatic rings. The van der Waals surface area contributed by atoms with E-state index in [1.807, 2.05) is 35.8 Å². The molecule has 4 N–H and O–H groups in total. The van der Waals surface area contributed by atoms with Crippen LogP contribution in [0.1, 0.15) is 27.9 Å². The fourth-order valence-corrected chi connectivity index (χ4v) is 2.92. The summed E-state index contributed by atoms with van der Waals surface area (Å²) in [5.74, 6) is 0.379. The van der Waals surface area contributed by atoms with Crippen molar-refractivity contribution in [3.05, 3.63) is 47.4 Å². The Kier molecular flexibility index (Phi) is 4.58. The molecule has 0 saturated carbocycles. The molecule has 10 heteroatoms. The van der Waals surface area contributed by atoms with Crippen molar-refractivity contribution in [3.8, 4) is 5.69 Å². The van der Waals surface area contributed by atoms with Crippen LogP contribution in [0.3, 0.4) is 0 Å². The van der Waals surface area contributed by atoms with Crippen LogP contribution in [0, 0.1) is 6.92 Å². The van der Waals surface area contributed by atoms with Crippen LogP contribution in [0.5, 0.6) is 0 Å². The second-order valence-electron chi connectivity index (χ2n) is 4.89. The van der Waals surface area contributed by atoms with Crippen molar-refractivity contribution in [2.24, 2.45) is 11.5 Å². The van der Waals surface area contributed by atoms with Gasteiger partial charge in [-0.25, -0.2) is 0 Å². The summed E-state index contributed by atoms with van der Waals surface area (Å²) in [6.07, 6.45) is 0. The van der Waals surface area contributed by atoms with Gasteiger partial charge >= 0.3 is 0 Å². The van der Waals surface area contributed by atoms with Crippen molar-refractivity contribution < 1.29 is 9.32 Å². The number of primary amides is 1. The van der Waals surface area contributed by atoms with Gasteiger partial charge in [-0.3, -0.25) is 9.36 Å². The summed E-state index contributed by atoms with van der Waals surface area (Å²) < 4.78 is 6.88. The van der Waals surface area contributed by atoms with Gasteiger partial charge in [0.1, 0.15) is 0 Å². The highest BCUT2D eigenvalue weighted by molar-refractivity contribution is 7.98. The average molecular weight is 345 g/mol. The lowest BCUT2D eigenvalue weighted by atomic mass is 10.2. The van der Waals surface area contributed by atoms with Crippen molar-refractivity contribution in [2.75, 3.05) is 0 Å². The summed E-state index contributed by atoms with van der Waals surface area (Å²) in [7, 11) is 0. The smallest absolute Gasteiger partial charge is 0.290 e. The molecule has 0 atom stereocenters. The number of carbonyl (C=O) groups is 1. The first kappa shape index (κ1) is 16.1. The number of carbonyl (C=O) groups excluding carboxylic acids is 1. The molecule has 0 radical (unpaired) electrons. The molecule has 0 unspecified atom stereocenters. The molecule has 9 nitrogen and oxygen atoms in total. The number of benzene rings is 1. The third kappa shape index (κ3) is 3.14. The second kappa shape index (κ2) is 6.81. The van der Waals surface area contributed by atoms with Crippen molar-refractivity contribution in [1.82, 2.24) is 24.9 Å². The van der Waals surface area contributed by atoms with Crippen LogP contribution < -0.4 is 11.5 Å². The number of aryl methyl sites for hydroxylation is 1. The van der Waals surface area contributed by atoms with Crippen LogP contribution in [0.2, 0.25) is 0 Å². The molecule has 0 spiro atoms. The Morgan fingerprint density at radius 1 is 1.33 bits per heavy atom. The molecule has 0 saturated heterocycles. The SMILES string of the molecule is Cc1ccccc1-n1c(CN)nnc1SCc1nc(C(N)=O)no1. The number of hydrogen-bond acceptors (Lipinski definition) is 8. The van der Waals surface area contributed by atoms with Gasteiger partial charge in [-0.15, -0.1) is 10.2 Å². The monoisotopic (exact) mass is 345 g/mol. The highest BCUT2D eigenvalue weighted by Gasteiger charge is 2.17. The third-order valence-electron chi connectivity index (χ3n) is 3.25. The lowest BCUT2D eigenvalue weighted by Gasteiger charge is -2.11. The Hall–Kier alpha value is -2.72. The van der Waals surface area contributed by atoms with E-state index in [1.54, 1.807) is 0 Å². The summed E-state index contributed by atoms with van der Waals surface area (Å²) >= 11 is 1.35. The van der Waals surface area contributed by atoms with Crippen LogP contribution in [-0.4, -0.2) is 30.8 Å². The molecule has 2 heterocycles. The number of nitrogens with zero attached hydrogens (tertiary/aromatic N) is 5. The zero-order valence-corrected chi connectivity index (χ0v) is 13.7. The molecule has 0 aliphatic heterocycles. The zero-order valence-electron chi connectivity index (χ0n) is 12.8. The number of aromatic nitrogens is 5. The van der Waals surface area contributed by atoms with Crippen molar-refractivity contribution in [1.29, 1.82) is 0 Å². The number of thioether (sulfide) groups is 1. The fourth-order valence-electron chi connectivity index (χ4n) is 2.12. The van der Waals surface area contributed by atoms with Gasteiger partial charge in [0.2, 0.25) is 5.89 Å². The largest absolute Gasteiger partial charge is 0.363 e. The molecule has 0 aliphatic carbocycles. The van der Waals surface area contributed by atoms with Crippen molar-refractivity contribution >= 4 is 17.7 Å². The maximum absolute atomic E-state index is 11.0. The van der Waals surface area contributed by atoms with E-state index in [4.69, 9.17) is 16.0 Å². The highest BCUT2D eigenvalue weighted by atomic mass is 32.2. The van der Waals surface area contributed by atoms with E-state index in [1.165, 1.54) is 11.8 Å². The van der Waals surface area contributed by atoms with Gasteiger partial charge in [-0.1, -0.05) is 35.1 Å². The zero-order chi connectivity index (χ0) is 17.1. The third-order valence-corrected chi connectivity index (χ3v) is 4.17. The van der Waals surface area contributed by atoms with Crippen LogP contribution in [0.25, 0.3) is 5.69 Å². The minimum atomic E-state index is -0.733. The minimum Gasteiger partial charge on any atom is -0.363 e. The van der Waals surface area contributed by atoms with Crippen LogP contribution in [-0.2, 0) is 12.3 Å². The van der Waals surface area contributed by atoms with Gasteiger partial charge < -0.3 is 16.0 Å². The van der Waals surface area contributed by atoms with Gasteiger partial charge in [-0.05, 0) is 18.6 Å². The maximum atomic E-state index is 11.0. The van der Waals surface area contributed by atoms with E-state index in [-0.39, 0.29) is 18.3 Å². The summed E-state index contributed by atoms with van der Waals surface area (Å²) in [6, 6.07) is 7.87. The number of amides is 1. The summed E-state index contributed by atoms with van der Waals surface area (Å²) in [6.45, 7) is 2.26. The molecule has 2 aromatic heterocycles. The molecule has 0 fully saturated rings. The number of hydrogen-bond donors (Lipinski definition) is 2. The topological polar surface area (TPSA) is 139 Å². The van der Waals surface area contributed by atoms with Crippen LogP contribution >= 0.6 is 11.8 Å². The average Bonchev–Trinajstić information content (AvgIpc) is 3.20. The number of rotatable bonds is 6. The summed E-state index contributed by atoms with van der Waals surface area (Å²) in [5.41, 5.74) is 12.9. The minimum absolute atomic E-state index is 0.145. The van der Waals surface area contributed by atoms with Gasteiger partial charge in [0.25, 0.3) is 11.7 Å². The van der Waals surface area contributed by atoms with Crippen molar-refractivity contribution in [3.63, 3.8) is 0 Å². The first-order chi connectivity index (χ1) is 11.6. The molecule has 3 rings (SSSR count). The van der Waals surface area contributed by atoms with E-state index in [0.29, 0.717) is 16.7 Å². The Morgan fingerprint density at radius 2 is 2.12 bits per heavy atom. The predicted molar refractivity (Wildman–Crippen MR) is 86.4 cm³/mol. The molecule has 0 aliphatic rings. The molecule has 0 bridgehead atoms. The van der Waals surface area contributed by atoms with Crippen LogP contribution in [0.4, 0.5) is 0 Å². The van der Waals surface area contributed by atoms with Crippen LogP contribution in [0.15, 0.2) is 33.9 Å². The fraction of sp³-hybridized carbons (Fsp3) is 0.214. The van der Waals surface area contributed by atoms with Gasteiger partial charge in [0.05, 0.1) is 18.0 Å².